The van der Waals surface area contributed by atoms with Crippen molar-refractivity contribution in [2.75, 3.05) is 14.2 Å². The predicted octanol–water partition coefficient (Wildman–Crippen LogP) is 3.59. The molecule has 0 fully saturated rings. The topological polar surface area (TPSA) is 31.4 Å². The molecule has 0 atom stereocenters. The van der Waals surface area contributed by atoms with Gasteiger partial charge in [-0.25, -0.2) is 0 Å². The van der Waals surface area contributed by atoms with Crippen molar-refractivity contribution in [3.05, 3.63) is 30.1 Å². The van der Waals surface area contributed by atoms with Crippen LogP contribution in [0.1, 0.15) is 25.5 Å². The molecule has 0 unspecified atom stereocenters. The molecule has 0 radical (unpaired) electrons. The van der Waals surface area contributed by atoms with Crippen molar-refractivity contribution in [3.8, 4) is 11.5 Å². The summed E-state index contributed by atoms with van der Waals surface area (Å²) in [5.41, 5.74) is 1.12. The highest BCUT2D eigenvalue weighted by atomic mass is 16.5. The number of methoxy groups -OCH3 is 2. The minimum absolute atomic E-state index is 0.805. The summed E-state index contributed by atoms with van der Waals surface area (Å²) >= 11 is 0. The summed E-state index contributed by atoms with van der Waals surface area (Å²) in [6, 6.07) is 6.03. The Hall–Kier alpha value is -1.77. The molecule has 1 aromatic carbocycles. The fourth-order valence-corrected chi connectivity index (χ4v) is 2.03. The molecular formula is C15H19NO2. The number of pyridine rings is 1. The standard InChI is InChI=1S/C15H19NO2/c1-4-5-6-12-7-11-8-13(17-2)9-15(18-3)14(11)10-16-12/h7-10H,4-6H2,1-3H3. The summed E-state index contributed by atoms with van der Waals surface area (Å²) in [7, 11) is 3.33. The number of benzene rings is 1. The normalized spacial score (nSPS) is 10.6. The lowest BCUT2D eigenvalue weighted by atomic mass is 10.1. The van der Waals surface area contributed by atoms with Gasteiger partial charge < -0.3 is 9.47 Å². The number of ether oxygens (including phenoxy) is 2. The van der Waals surface area contributed by atoms with Gasteiger partial charge in [0.25, 0.3) is 0 Å². The van der Waals surface area contributed by atoms with Gasteiger partial charge in [-0.05, 0) is 30.4 Å². The largest absolute Gasteiger partial charge is 0.497 e. The van der Waals surface area contributed by atoms with Crippen molar-refractivity contribution in [2.45, 2.75) is 26.2 Å². The molecule has 0 bridgehead atoms. The van der Waals surface area contributed by atoms with Gasteiger partial charge in [0.05, 0.1) is 14.2 Å². The second-order valence-electron chi connectivity index (χ2n) is 4.33. The summed E-state index contributed by atoms with van der Waals surface area (Å²) in [4.78, 5) is 4.49. The molecule has 0 saturated heterocycles. The van der Waals surface area contributed by atoms with Crippen molar-refractivity contribution >= 4 is 10.8 Å². The second kappa shape index (κ2) is 5.71. The van der Waals surface area contributed by atoms with Crippen LogP contribution in [0.2, 0.25) is 0 Å². The Balaban J connectivity index is 2.47. The Bertz CT molecular complexity index is 537. The molecule has 0 N–H and O–H groups in total. The molecule has 0 aliphatic heterocycles. The lowest BCUT2D eigenvalue weighted by Crippen LogP contribution is -1.93. The monoisotopic (exact) mass is 245 g/mol. The number of fused-ring (bicyclic) bond motifs is 1. The molecule has 18 heavy (non-hydrogen) atoms. The first-order chi connectivity index (χ1) is 8.78. The SMILES string of the molecule is CCCCc1cc2cc(OC)cc(OC)c2cn1. The third-order valence-electron chi connectivity index (χ3n) is 3.07. The van der Waals surface area contributed by atoms with Gasteiger partial charge in [0.15, 0.2) is 0 Å². The average Bonchev–Trinajstić information content (AvgIpc) is 2.43. The van der Waals surface area contributed by atoms with Crippen LogP contribution in [0.15, 0.2) is 24.4 Å². The van der Waals surface area contributed by atoms with Gasteiger partial charge >= 0.3 is 0 Å². The molecule has 0 spiro atoms. The maximum atomic E-state index is 5.37. The summed E-state index contributed by atoms with van der Waals surface area (Å²) in [5.74, 6) is 1.62. The molecule has 0 saturated carbocycles. The number of rotatable bonds is 5. The zero-order valence-corrected chi connectivity index (χ0v) is 11.2. The van der Waals surface area contributed by atoms with Gasteiger partial charge in [-0.3, -0.25) is 4.98 Å². The Labute approximate surface area is 108 Å². The third-order valence-corrected chi connectivity index (χ3v) is 3.07. The van der Waals surface area contributed by atoms with Crippen LogP contribution in [0.5, 0.6) is 11.5 Å². The van der Waals surface area contributed by atoms with Gasteiger partial charge in [0.2, 0.25) is 0 Å². The predicted molar refractivity (Wildman–Crippen MR) is 73.5 cm³/mol. The second-order valence-corrected chi connectivity index (χ2v) is 4.33. The molecule has 0 aliphatic carbocycles. The van der Waals surface area contributed by atoms with Crippen LogP contribution in [-0.4, -0.2) is 19.2 Å². The van der Waals surface area contributed by atoms with Crippen LogP contribution < -0.4 is 9.47 Å². The summed E-state index contributed by atoms with van der Waals surface area (Å²) in [5, 5.41) is 2.14. The van der Waals surface area contributed by atoms with Gasteiger partial charge in [-0.2, -0.15) is 0 Å². The lowest BCUT2D eigenvalue weighted by Gasteiger charge is -2.09. The zero-order chi connectivity index (χ0) is 13.0. The molecule has 96 valence electrons. The van der Waals surface area contributed by atoms with E-state index in [1.165, 1.54) is 12.8 Å². The van der Waals surface area contributed by atoms with E-state index in [1.807, 2.05) is 18.3 Å². The molecule has 1 heterocycles. The summed E-state index contributed by atoms with van der Waals surface area (Å²) in [6.45, 7) is 2.19. The molecule has 3 heteroatoms. The highest BCUT2D eigenvalue weighted by molar-refractivity contribution is 5.89. The lowest BCUT2D eigenvalue weighted by molar-refractivity contribution is 0.398. The fourth-order valence-electron chi connectivity index (χ4n) is 2.03. The minimum atomic E-state index is 0.805. The van der Waals surface area contributed by atoms with E-state index in [-0.39, 0.29) is 0 Å². The molecule has 2 rings (SSSR count). The molecular weight excluding hydrogens is 226 g/mol. The van der Waals surface area contributed by atoms with E-state index in [0.717, 1.165) is 34.4 Å². The molecule has 3 nitrogen and oxygen atoms in total. The maximum Gasteiger partial charge on any atom is 0.131 e. The number of aryl methyl sites for hydroxylation is 1. The van der Waals surface area contributed by atoms with E-state index in [4.69, 9.17) is 9.47 Å². The quantitative estimate of drug-likeness (QED) is 0.806. The Kier molecular flexibility index (Phi) is 4.03. The molecule has 0 amide bonds. The van der Waals surface area contributed by atoms with Crippen molar-refractivity contribution in [1.82, 2.24) is 4.98 Å². The zero-order valence-electron chi connectivity index (χ0n) is 11.2. The molecule has 2 aromatic rings. The Morgan fingerprint density at radius 3 is 2.61 bits per heavy atom. The van der Waals surface area contributed by atoms with E-state index in [1.54, 1.807) is 14.2 Å². The van der Waals surface area contributed by atoms with Crippen LogP contribution in [0.4, 0.5) is 0 Å². The van der Waals surface area contributed by atoms with Gasteiger partial charge in [0, 0.05) is 23.3 Å². The van der Waals surface area contributed by atoms with Crippen LogP contribution >= 0.6 is 0 Å². The smallest absolute Gasteiger partial charge is 0.131 e. The highest BCUT2D eigenvalue weighted by Gasteiger charge is 2.06. The average molecular weight is 245 g/mol. The van der Waals surface area contributed by atoms with E-state index < -0.39 is 0 Å². The van der Waals surface area contributed by atoms with Crippen LogP contribution in [-0.2, 0) is 6.42 Å². The molecule has 0 aliphatic rings. The summed E-state index contributed by atoms with van der Waals surface area (Å²) < 4.78 is 10.7. The number of hydrogen-bond donors (Lipinski definition) is 0. The van der Waals surface area contributed by atoms with Gasteiger partial charge in [-0.15, -0.1) is 0 Å². The van der Waals surface area contributed by atoms with Crippen LogP contribution in [0.25, 0.3) is 10.8 Å². The van der Waals surface area contributed by atoms with E-state index in [9.17, 15) is 0 Å². The van der Waals surface area contributed by atoms with Crippen molar-refractivity contribution in [2.24, 2.45) is 0 Å². The van der Waals surface area contributed by atoms with E-state index in [0.29, 0.717) is 0 Å². The maximum absolute atomic E-state index is 5.37. The molecule has 1 aromatic heterocycles. The first-order valence-corrected chi connectivity index (χ1v) is 6.29. The van der Waals surface area contributed by atoms with Crippen LogP contribution in [0.3, 0.4) is 0 Å². The third kappa shape index (κ3) is 2.55. The first-order valence-electron chi connectivity index (χ1n) is 6.29. The van der Waals surface area contributed by atoms with Crippen molar-refractivity contribution in [3.63, 3.8) is 0 Å². The van der Waals surface area contributed by atoms with Crippen molar-refractivity contribution in [1.29, 1.82) is 0 Å². The summed E-state index contributed by atoms with van der Waals surface area (Å²) in [6.07, 6.45) is 5.26. The van der Waals surface area contributed by atoms with Crippen molar-refractivity contribution < 1.29 is 9.47 Å². The Morgan fingerprint density at radius 1 is 1.11 bits per heavy atom. The number of aromatic nitrogens is 1. The van der Waals surface area contributed by atoms with Gasteiger partial charge in [-0.1, -0.05) is 13.3 Å². The number of nitrogens with zero attached hydrogens (tertiary/aromatic N) is 1. The van der Waals surface area contributed by atoms with E-state index in [2.05, 4.69) is 18.0 Å². The number of unbranched alkanes of at least 4 members (excludes halogenated alkanes) is 1. The highest BCUT2D eigenvalue weighted by Crippen LogP contribution is 2.31. The van der Waals surface area contributed by atoms with Gasteiger partial charge in [0.1, 0.15) is 11.5 Å². The minimum Gasteiger partial charge on any atom is -0.497 e. The number of hydrogen-bond acceptors (Lipinski definition) is 3. The Morgan fingerprint density at radius 2 is 1.94 bits per heavy atom. The van der Waals surface area contributed by atoms with E-state index >= 15 is 0 Å². The van der Waals surface area contributed by atoms with Crippen LogP contribution in [0, 0.1) is 0 Å². The first kappa shape index (κ1) is 12.7. The fraction of sp³-hybridized carbons (Fsp3) is 0.400.